The summed E-state index contributed by atoms with van der Waals surface area (Å²) in [6, 6.07) is 6.44. The minimum absolute atomic E-state index is 0.157. The summed E-state index contributed by atoms with van der Waals surface area (Å²) < 4.78 is 28.1. The fraction of sp³-hybridized carbons (Fsp3) is 0.385. The molecule has 20 heavy (non-hydrogen) atoms. The van der Waals surface area contributed by atoms with E-state index in [0.29, 0.717) is 5.56 Å². The van der Waals surface area contributed by atoms with Crippen LogP contribution in [0.2, 0.25) is 0 Å². The van der Waals surface area contributed by atoms with Gasteiger partial charge in [-0.3, -0.25) is 4.79 Å². The molecule has 1 heterocycles. The molecule has 0 N–H and O–H groups in total. The van der Waals surface area contributed by atoms with E-state index in [1.54, 1.807) is 18.2 Å². The van der Waals surface area contributed by atoms with Crippen LogP contribution >= 0.6 is 0 Å². The van der Waals surface area contributed by atoms with Gasteiger partial charge >= 0.3 is 5.97 Å². The zero-order valence-corrected chi connectivity index (χ0v) is 12.2. The third-order valence-corrected chi connectivity index (χ3v) is 5.75. The lowest BCUT2D eigenvalue weighted by molar-refractivity contribution is -0.132. The van der Waals surface area contributed by atoms with Gasteiger partial charge in [-0.25, -0.2) is 17.5 Å². The normalized spacial score (nSPS) is 19.4. The Hall–Kier alpha value is -1.89. The van der Waals surface area contributed by atoms with Crippen molar-refractivity contribution in [1.82, 2.24) is 4.31 Å². The zero-order chi connectivity index (χ0) is 15.1. The van der Waals surface area contributed by atoms with Gasteiger partial charge in [0, 0.05) is 0 Å². The SMILES string of the molecule is COC(=O)c1ccccc1CN1C(=O)C(C)(C)S1(=O)=O. The average Bonchev–Trinajstić information content (AvgIpc) is 2.43. The zero-order valence-electron chi connectivity index (χ0n) is 11.4. The summed E-state index contributed by atoms with van der Waals surface area (Å²) in [5.41, 5.74) is 0.689. The van der Waals surface area contributed by atoms with E-state index in [2.05, 4.69) is 4.74 Å². The van der Waals surface area contributed by atoms with Gasteiger partial charge in [-0.1, -0.05) is 18.2 Å². The largest absolute Gasteiger partial charge is 0.465 e. The first-order chi connectivity index (χ1) is 9.23. The number of amides is 1. The van der Waals surface area contributed by atoms with Crippen molar-refractivity contribution in [2.75, 3.05) is 7.11 Å². The van der Waals surface area contributed by atoms with E-state index >= 15 is 0 Å². The van der Waals surface area contributed by atoms with Gasteiger partial charge in [-0.15, -0.1) is 0 Å². The van der Waals surface area contributed by atoms with Crippen LogP contribution in [0, 0.1) is 0 Å². The maximum atomic E-state index is 12.0. The summed E-state index contributed by atoms with van der Waals surface area (Å²) in [5, 5.41) is 0. The number of carbonyl (C=O) groups is 2. The number of benzene rings is 1. The molecule has 1 amide bonds. The summed E-state index contributed by atoms with van der Waals surface area (Å²) in [5.74, 6) is -1.04. The minimum atomic E-state index is -3.67. The van der Waals surface area contributed by atoms with Gasteiger partial charge in [-0.05, 0) is 25.5 Å². The van der Waals surface area contributed by atoms with Crippen LogP contribution in [0.3, 0.4) is 0 Å². The maximum Gasteiger partial charge on any atom is 0.338 e. The van der Waals surface area contributed by atoms with Gasteiger partial charge in [0.2, 0.25) is 0 Å². The standard InChI is InChI=1S/C13H15NO5S/c1-13(2)12(16)14(20(13,17)18)8-9-6-4-5-7-10(9)11(15)19-3/h4-7H,8H2,1-3H3. The van der Waals surface area contributed by atoms with Crippen LogP contribution in [0.5, 0.6) is 0 Å². The van der Waals surface area contributed by atoms with Crippen molar-refractivity contribution in [3.05, 3.63) is 35.4 Å². The Morgan fingerprint density at radius 1 is 1.30 bits per heavy atom. The molecular weight excluding hydrogens is 282 g/mol. The summed E-state index contributed by atoms with van der Waals surface area (Å²) in [7, 11) is -2.42. The van der Waals surface area contributed by atoms with Crippen molar-refractivity contribution in [3.8, 4) is 0 Å². The topological polar surface area (TPSA) is 80.8 Å². The molecular formula is C13H15NO5S. The van der Waals surface area contributed by atoms with Gasteiger partial charge in [-0.2, -0.15) is 0 Å². The molecule has 0 bridgehead atoms. The second-order valence-corrected chi connectivity index (χ2v) is 7.39. The molecule has 0 atom stereocenters. The summed E-state index contributed by atoms with van der Waals surface area (Å²) in [6.07, 6.45) is 0. The van der Waals surface area contributed by atoms with E-state index in [4.69, 9.17) is 0 Å². The first-order valence-electron chi connectivity index (χ1n) is 5.96. The summed E-state index contributed by atoms with van der Waals surface area (Å²) >= 11 is 0. The first-order valence-corrected chi connectivity index (χ1v) is 7.40. The van der Waals surface area contributed by atoms with E-state index in [0.717, 1.165) is 4.31 Å². The molecule has 1 saturated heterocycles. The molecule has 1 fully saturated rings. The molecule has 0 saturated carbocycles. The molecule has 0 spiro atoms. The van der Waals surface area contributed by atoms with Crippen LogP contribution in [0.25, 0.3) is 0 Å². The van der Waals surface area contributed by atoms with E-state index in [-0.39, 0.29) is 12.1 Å². The quantitative estimate of drug-likeness (QED) is 0.775. The van der Waals surface area contributed by atoms with E-state index in [1.165, 1.54) is 27.0 Å². The molecule has 1 aliphatic rings. The van der Waals surface area contributed by atoms with Gasteiger partial charge in [0.15, 0.2) is 4.75 Å². The van der Waals surface area contributed by atoms with Crippen molar-refractivity contribution >= 4 is 21.9 Å². The second kappa shape index (κ2) is 4.59. The number of sulfonamides is 1. The van der Waals surface area contributed by atoms with Crippen LogP contribution in [0.4, 0.5) is 0 Å². The Kier molecular flexibility index (Phi) is 3.33. The molecule has 1 aromatic rings. The first kappa shape index (κ1) is 14.5. The lowest BCUT2D eigenvalue weighted by atomic mass is 10.1. The van der Waals surface area contributed by atoms with Crippen molar-refractivity contribution in [3.63, 3.8) is 0 Å². The predicted molar refractivity (Wildman–Crippen MR) is 71.3 cm³/mol. The Morgan fingerprint density at radius 2 is 1.90 bits per heavy atom. The number of nitrogens with zero attached hydrogens (tertiary/aromatic N) is 1. The molecule has 6 nitrogen and oxygen atoms in total. The third-order valence-electron chi connectivity index (χ3n) is 3.41. The number of hydrogen-bond donors (Lipinski definition) is 0. The molecule has 1 aromatic carbocycles. The van der Waals surface area contributed by atoms with Gasteiger partial charge in [0.1, 0.15) is 0 Å². The van der Waals surface area contributed by atoms with Gasteiger partial charge in [0.05, 0.1) is 19.2 Å². The minimum Gasteiger partial charge on any atom is -0.465 e. The van der Waals surface area contributed by atoms with Crippen LogP contribution in [-0.4, -0.2) is 36.5 Å². The van der Waals surface area contributed by atoms with Crippen LogP contribution in [-0.2, 0) is 26.1 Å². The smallest absolute Gasteiger partial charge is 0.338 e. The number of hydrogen-bond acceptors (Lipinski definition) is 5. The van der Waals surface area contributed by atoms with Gasteiger partial charge < -0.3 is 4.74 Å². The fourth-order valence-corrected chi connectivity index (χ4v) is 3.54. The number of ether oxygens (including phenoxy) is 1. The highest BCUT2D eigenvalue weighted by Gasteiger charge is 2.60. The highest BCUT2D eigenvalue weighted by Crippen LogP contribution is 2.36. The Labute approximate surface area is 117 Å². The van der Waals surface area contributed by atoms with Crippen molar-refractivity contribution in [2.24, 2.45) is 0 Å². The van der Waals surface area contributed by atoms with Crippen LogP contribution in [0.1, 0.15) is 29.8 Å². The Balaban J connectivity index is 2.34. The molecule has 108 valence electrons. The number of carbonyl (C=O) groups excluding carboxylic acids is 2. The highest BCUT2D eigenvalue weighted by molar-refractivity contribution is 7.94. The fourth-order valence-electron chi connectivity index (χ4n) is 2.04. The molecule has 0 unspecified atom stereocenters. The van der Waals surface area contributed by atoms with Crippen molar-refractivity contribution in [1.29, 1.82) is 0 Å². The number of rotatable bonds is 3. The van der Waals surface area contributed by atoms with Crippen LogP contribution < -0.4 is 0 Å². The van der Waals surface area contributed by atoms with Crippen molar-refractivity contribution in [2.45, 2.75) is 25.1 Å². The predicted octanol–water partition coefficient (Wildman–Crippen LogP) is 0.924. The summed E-state index contributed by atoms with van der Waals surface area (Å²) in [4.78, 5) is 23.5. The molecule has 0 aromatic heterocycles. The van der Waals surface area contributed by atoms with E-state index in [1.807, 2.05) is 0 Å². The average molecular weight is 297 g/mol. The summed E-state index contributed by atoms with van der Waals surface area (Å²) in [6.45, 7) is 2.58. The van der Waals surface area contributed by atoms with Gasteiger partial charge in [0.25, 0.3) is 15.9 Å². The number of methoxy groups -OCH3 is 1. The lowest BCUT2D eigenvalue weighted by Gasteiger charge is -2.43. The second-order valence-electron chi connectivity index (χ2n) is 4.98. The number of esters is 1. The van der Waals surface area contributed by atoms with Crippen molar-refractivity contribution < 1.29 is 22.7 Å². The lowest BCUT2D eigenvalue weighted by Crippen LogP contribution is -2.66. The highest BCUT2D eigenvalue weighted by atomic mass is 32.2. The Morgan fingerprint density at radius 3 is 2.45 bits per heavy atom. The van der Waals surface area contributed by atoms with E-state index in [9.17, 15) is 18.0 Å². The Bertz CT molecular complexity index is 678. The third kappa shape index (κ3) is 1.89. The molecule has 0 radical (unpaired) electrons. The molecule has 0 aliphatic carbocycles. The maximum absolute atomic E-state index is 12.0. The monoisotopic (exact) mass is 297 g/mol. The molecule has 1 aliphatic heterocycles. The van der Waals surface area contributed by atoms with Crippen LogP contribution in [0.15, 0.2) is 24.3 Å². The molecule has 7 heteroatoms. The van der Waals surface area contributed by atoms with E-state index < -0.39 is 26.6 Å². The molecule has 2 rings (SSSR count).